The molecule has 1 N–H and O–H groups in total. The summed E-state index contributed by atoms with van der Waals surface area (Å²) in [7, 11) is 0. The maximum Gasteiger partial charge on any atom is 0.388 e. The van der Waals surface area contributed by atoms with Gasteiger partial charge in [-0.1, -0.05) is 60.7 Å². The van der Waals surface area contributed by atoms with Crippen molar-refractivity contribution in [2.24, 2.45) is 5.92 Å². The van der Waals surface area contributed by atoms with Gasteiger partial charge in [-0.3, -0.25) is 4.79 Å². The maximum absolute atomic E-state index is 13.5. The summed E-state index contributed by atoms with van der Waals surface area (Å²) in [5.74, 6) is 0.268. The van der Waals surface area contributed by atoms with Gasteiger partial charge in [0, 0.05) is 10.1 Å². The molecule has 0 bridgehead atoms. The van der Waals surface area contributed by atoms with E-state index in [4.69, 9.17) is 0 Å². The standard InChI is InChI=1S/C22H25F2IN2O2/c1-13(2)16-6-4-5-7-17(16)22(10-15(11-22)12-25)20(28)27-18-9-8-14(3)26-19(18)29-21(23)24/h4-9,13,15,21H,10-12H2,1-3H3,(H,27,28). The summed E-state index contributed by atoms with van der Waals surface area (Å²) in [5, 5.41) is 2.83. The van der Waals surface area contributed by atoms with Crippen LogP contribution in [0.4, 0.5) is 14.5 Å². The molecular formula is C22H25F2IN2O2. The van der Waals surface area contributed by atoms with Crippen LogP contribution in [0.15, 0.2) is 36.4 Å². The van der Waals surface area contributed by atoms with Gasteiger partial charge in [-0.15, -0.1) is 0 Å². The van der Waals surface area contributed by atoms with Crippen molar-refractivity contribution in [3.05, 3.63) is 53.2 Å². The van der Waals surface area contributed by atoms with Gasteiger partial charge in [0.2, 0.25) is 11.8 Å². The average Bonchev–Trinajstić information content (AvgIpc) is 2.63. The smallest absolute Gasteiger partial charge is 0.388 e. The number of amides is 1. The van der Waals surface area contributed by atoms with Crippen LogP contribution in [-0.2, 0) is 10.2 Å². The second-order valence-electron chi connectivity index (χ2n) is 7.89. The minimum Gasteiger partial charge on any atom is -0.415 e. The molecule has 4 nitrogen and oxygen atoms in total. The van der Waals surface area contributed by atoms with Crippen LogP contribution in [0.25, 0.3) is 0 Å². The molecule has 1 fully saturated rings. The Hall–Kier alpha value is -1.77. The van der Waals surface area contributed by atoms with Gasteiger partial charge >= 0.3 is 6.61 Å². The summed E-state index contributed by atoms with van der Waals surface area (Å²) in [6.45, 7) is 2.89. The van der Waals surface area contributed by atoms with Crippen LogP contribution in [-0.4, -0.2) is 21.9 Å². The lowest BCUT2D eigenvalue weighted by Gasteiger charge is -2.47. The number of hydrogen-bond acceptors (Lipinski definition) is 3. The predicted octanol–water partition coefficient (Wildman–Crippen LogP) is 5.84. The zero-order valence-electron chi connectivity index (χ0n) is 16.7. The third-order valence-electron chi connectivity index (χ3n) is 5.47. The van der Waals surface area contributed by atoms with Crippen molar-refractivity contribution in [1.82, 2.24) is 4.98 Å². The van der Waals surface area contributed by atoms with Crippen molar-refractivity contribution in [2.75, 3.05) is 9.74 Å². The highest BCUT2D eigenvalue weighted by Gasteiger charge is 2.52. The van der Waals surface area contributed by atoms with Crippen LogP contribution in [0, 0.1) is 12.8 Å². The molecule has 3 rings (SSSR count). The number of alkyl halides is 3. The highest BCUT2D eigenvalue weighted by atomic mass is 127. The number of halogens is 3. The van der Waals surface area contributed by atoms with Crippen molar-refractivity contribution < 1.29 is 18.3 Å². The first-order valence-corrected chi connectivity index (χ1v) is 11.2. The van der Waals surface area contributed by atoms with Crippen LogP contribution in [0.1, 0.15) is 49.4 Å². The van der Waals surface area contributed by atoms with E-state index in [1.807, 2.05) is 18.2 Å². The first-order valence-electron chi connectivity index (χ1n) is 9.66. The zero-order chi connectivity index (χ0) is 21.2. The fourth-order valence-corrected chi connectivity index (χ4v) is 4.67. The first-order chi connectivity index (χ1) is 13.8. The Bertz CT molecular complexity index is 883. The fraction of sp³-hybridized carbons (Fsp3) is 0.455. The van der Waals surface area contributed by atoms with Crippen LogP contribution >= 0.6 is 22.6 Å². The largest absolute Gasteiger partial charge is 0.415 e. The molecule has 1 amide bonds. The van der Waals surface area contributed by atoms with E-state index in [1.165, 1.54) is 0 Å². The Kier molecular flexibility index (Phi) is 6.76. The second kappa shape index (κ2) is 8.93. The first kappa shape index (κ1) is 21.9. The number of nitrogens with one attached hydrogen (secondary N) is 1. The van der Waals surface area contributed by atoms with Crippen molar-refractivity contribution >= 4 is 34.2 Å². The number of hydrogen-bond donors (Lipinski definition) is 1. The molecule has 2 aromatic rings. The second-order valence-corrected chi connectivity index (χ2v) is 8.77. The molecule has 0 aliphatic heterocycles. The summed E-state index contributed by atoms with van der Waals surface area (Å²) in [6.07, 6.45) is 1.46. The number of pyridine rings is 1. The van der Waals surface area contributed by atoms with Crippen molar-refractivity contribution in [1.29, 1.82) is 0 Å². The van der Waals surface area contributed by atoms with E-state index in [9.17, 15) is 13.6 Å². The van der Waals surface area contributed by atoms with Crippen LogP contribution in [0.3, 0.4) is 0 Å². The molecule has 0 atom stereocenters. The van der Waals surface area contributed by atoms with E-state index < -0.39 is 12.0 Å². The molecular weight excluding hydrogens is 489 g/mol. The number of benzene rings is 1. The molecule has 0 radical (unpaired) electrons. The molecule has 1 aromatic heterocycles. The molecule has 1 aromatic carbocycles. The number of rotatable bonds is 7. The molecule has 1 heterocycles. The van der Waals surface area contributed by atoms with Gasteiger partial charge in [-0.2, -0.15) is 8.78 Å². The Morgan fingerprint density at radius 3 is 2.59 bits per heavy atom. The van der Waals surface area contributed by atoms with Gasteiger partial charge in [0.15, 0.2) is 0 Å². The Morgan fingerprint density at radius 2 is 1.97 bits per heavy atom. The number of aryl methyl sites for hydroxylation is 1. The number of ether oxygens (including phenoxy) is 1. The third kappa shape index (κ3) is 4.54. The van der Waals surface area contributed by atoms with Crippen molar-refractivity contribution in [2.45, 2.75) is 51.6 Å². The summed E-state index contributed by atoms with van der Waals surface area (Å²) in [4.78, 5) is 17.5. The zero-order valence-corrected chi connectivity index (χ0v) is 18.9. The van der Waals surface area contributed by atoms with Gasteiger partial charge in [0.05, 0.1) is 5.41 Å². The van der Waals surface area contributed by atoms with Crippen molar-refractivity contribution in [3.63, 3.8) is 0 Å². The molecule has 0 saturated heterocycles. The minimum absolute atomic E-state index is 0.167. The fourth-order valence-electron chi connectivity index (χ4n) is 4.04. The number of anilines is 1. The van der Waals surface area contributed by atoms with Crippen LogP contribution < -0.4 is 10.1 Å². The molecule has 156 valence electrons. The van der Waals surface area contributed by atoms with E-state index in [1.54, 1.807) is 19.1 Å². The monoisotopic (exact) mass is 514 g/mol. The maximum atomic E-state index is 13.5. The van der Waals surface area contributed by atoms with E-state index in [0.29, 0.717) is 11.6 Å². The SMILES string of the molecule is Cc1ccc(NC(=O)C2(c3ccccc3C(C)C)CC(CI)C2)c(OC(F)F)n1. The van der Waals surface area contributed by atoms with E-state index in [-0.39, 0.29) is 23.4 Å². The summed E-state index contributed by atoms with van der Waals surface area (Å²) in [6, 6.07) is 11.2. The Morgan fingerprint density at radius 1 is 1.28 bits per heavy atom. The van der Waals surface area contributed by atoms with Gasteiger partial charge in [-0.25, -0.2) is 4.98 Å². The molecule has 1 aliphatic carbocycles. The lowest BCUT2D eigenvalue weighted by Crippen LogP contribution is -2.51. The number of nitrogens with zero attached hydrogens (tertiary/aromatic N) is 1. The average molecular weight is 514 g/mol. The lowest BCUT2D eigenvalue weighted by atomic mass is 9.57. The normalized spacial score (nSPS) is 21.2. The Balaban J connectivity index is 1.97. The molecule has 0 unspecified atom stereocenters. The molecule has 0 spiro atoms. The molecule has 1 saturated carbocycles. The Labute approximate surface area is 183 Å². The van der Waals surface area contributed by atoms with Gasteiger partial charge in [-0.05, 0) is 54.9 Å². The molecule has 7 heteroatoms. The van der Waals surface area contributed by atoms with E-state index >= 15 is 0 Å². The highest BCUT2D eigenvalue weighted by Crippen LogP contribution is 2.51. The minimum atomic E-state index is -3.01. The van der Waals surface area contributed by atoms with Crippen LogP contribution in [0.5, 0.6) is 5.88 Å². The van der Waals surface area contributed by atoms with Gasteiger partial charge in [0.25, 0.3) is 0 Å². The van der Waals surface area contributed by atoms with E-state index in [0.717, 1.165) is 28.4 Å². The van der Waals surface area contributed by atoms with Gasteiger partial charge < -0.3 is 10.1 Å². The number of carbonyl (C=O) groups excluding carboxylic acids is 1. The number of aromatic nitrogens is 1. The van der Waals surface area contributed by atoms with Crippen molar-refractivity contribution in [3.8, 4) is 5.88 Å². The predicted molar refractivity (Wildman–Crippen MR) is 118 cm³/mol. The number of carbonyl (C=O) groups is 1. The summed E-state index contributed by atoms with van der Waals surface area (Å²) < 4.78 is 31.1. The third-order valence-corrected chi connectivity index (χ3v) is 6.72. The molecule has 29 heavy (non-hydrogen) atoms. The highest BCUT2D eigenvalue weighted by molar-refractivity contribution is 14.1. The molecule has 1 aliphatic rings. The summed E-state index contributed by atoms with van der Waals surface area (Å²) in [5.41, 5.74) is 2.18. The van der Waals surface area contributed by atoms with Gasteiger partial charge in [0.1, 0.15) is 5.69 Å². The topological polar surface area (TPSA) is 51.2 Å². The summed E-state index contributed by atoms with van der Waals surface area (Å²) >= 11 is 2.35. The van der Waals surface area contributed by atoms with E-state index in [2.05, 4.69) is 57.5 Å². The quantitative estimate of drug-likeness (QED) is 0.374. The lowest BCUT2D eigenvalue weighted by molar-refractivity contribution is -0.126. The van der Waals surface area contributed by atoms with Crippen LogP contribution in [0.2, 0.25) is 0 Å².